The Bertz CT molecular complexity index is 481. The maximum absolute atomic E-state index is 11.6. The molecular formula is C12H14N2O5. The van der Waals surface area contributed by atoms with Crippen LogP contribution in [0.2, 0.25) is 0 Å². The number of rotatable bonds is 6. The molecule has 7 nitrogen and oxygen atoms in total. The molecule has 1 aliphatic carbocycles. The molecule has 19 heavy (non-hydrogen) atoms. The molecule has 1 amide bonds. The molecule has 0 saturated heterocycles. The summed E-state index contributed by atoms with van der Waals surface area (Å²) in [5.74, 6) is 0.0690. The number of non-ortho nitro benzene ring substituents is 1. The van der Waals surface area contributed by atoms with Gasteiger partial charge in [0.2, 0.25) is 0 Å². The molecule has 0 aromatic heterocycles. The van der Waals surface area contributed by atoms with Crippen LogP contribution in [0, 0.1) is 10.1 Å². The number of aliphatic hydroxyl groups is 1. The van der Waals surface area contributed by atoms with Crippen molar-refractivity contribution in [3.63, 3.8) is 0 Å². The van der Waals surface area contributed by atoms with Crippen LogP contribution in [-0.4, -0.2) is 34.7 Å². The molecule has 2 rings (SSSR count). The van der Waals surface area contributed by atoms with Crippen LogP contribution >= 0.6 is 0 Å². The summed E-state index contributed by atoms with van der Waals surface area (Å²) in [6.45, 7) is -0.254. The minimum atomic E-state index is -0.505. The van der Waals surface area contributed by atoms with E-state index in [4.69, 9.17) is 9.84 Å². The highest BCUT2D eigenvalue weighted by molar-refractivity contribution is 5.78. The second-order valence-corrected chi connectivity index (χ2v) is 4.53. The van der Waals surface area contributed by atoms with Crippen LogP contribution in [0.25, 0.3) is 0 Å². The Balaban J connectivity index is 1.81. The van der Waals surface area contributed by atoms with E-state index in [-0.39, 0.29) is 24.8 Å². The van der Waals surface area contributed by atoms with Crippen LogP contribution in [0.3, 0.4) is 0 Å². The molecule has 1 aromatic rings. The number of nitro groups is 1. The Morgan fingerprint density at radius 3 is 2.53 bits per heavy atom. The van der Waals surface area contributed by atoms with Gasteiger partial charge in [0.15, 0.2) is 6.61 Å². The fourth-order valence-electron chi connectivity index (χ4n) is 1.62. The lowest BCUT2D eigenvalue weighted by Gasteiger charge is -2.14. The van der Waals surface area contributed by atoms with Gasteiger partial charge in [0.05, 0.1) is 17.1 Å². The third-order valence-corrected chi connectivity index (χ3v) is 2.98. The molecule has 1 saturated carbocycles. The Morgan fingerprint density at radius 2 is 2.05 bits per heavy atom. The van der Waals surface area contributed by atoms with Gasteiger partial charge >= 0.3 is 0 Å². The average Bonchev–Trinajstić information content (AvgIpc) is 3.17. The van der Waals surface area contributed by atoms with Gasteiger partial charge in [-0.2, -0.15) is 0 Å². The maximum Gasteiger partial charge on any atom is 0.269 e. The fraction of sp³-hybridized carbons (Fsp3) is 0.417. The van der Waals surface area contributed by atoms with Gasteiger partial charge in [-0.3, -0.25) is 14.9 Å². The first kappa shape index (κ1) is 13.3. The number of hydrogen-bond acceptors (Lipinski definition) is 5. The average molecular weight is 266 g/mol. The molecule has 1 aliphatic rings. The molecule has 0 aliphatic heterocycles. The molecule has 0 heterocycles. The summed E-state index contributed by atoms with van der Waals surface area (Å²) in [5, 5.41) is 22.2. The Hall–Kier alpha value is -2.15. The Morgan fingerprint density at radius 1 is 1.42 bits per heavy atom. The standard InChI is InChI=1S/C12H14N2O5/c15-8-12(5-6-12)13-11(16)7-19-10-3-1-9(2-4-10)14(17)18/h1-4,15H,5-8H2,(H,13,16). The summed E-state index contributed by atoms with van der Waals surface area (Å²) < 4.78 is 5.20. The number of nitro benzene ring substituents is 1. The van der Waals surface area contributed by atoms with Crippen molar-refractivity contribution in [1.82, 2.24) is 5.32 Å². The molecule has 2 N–H and O–H groups in total. The Kier molecular flexibility index (Phi) is 3.66. The van der Waals surface area contributed by atoms with Crippen molar-refractivity contribution in [2.75, 3.05) is 13.2 Å². The smallest absolute Gasteiger partial charge is 0.269 e. The third kappa shape index (κ3) is 3.41. The van der Waals surface area contributed by atoms with Crippen molar-refractivity contribution in [3.05, 3.63) is 34.4 Å². The van der Waals surface area contributed by atoms with Crippen LogP contribution in [0.1, 0.15) is 12.8 Å². The van der Waals surface area contributed by atoms with Crippen molar-refractivity contribution in [2.45, 2.75) is 18.4 Å². The second-order valence-electron chi connectivity index (χ2n) is 4.53. The lowest BCUT2D eigenvalue weighted by Crippen LogP contribution is -2.42. The number of hydrogen-bond donors (Lipinski definition) is 2. The maximum atomic E-state index is 11.6. The summed E-state index contributed by atoms with van der Waals surface area (Å²) in [6.07, 6.45) is 1.54. The molecule has 0 unspecified atom stereocenters. The van der Waals surface area contributed by atoms with E-state index in [0.29, 0.717) is 5.75 Å². The van der Waals surface area contributed by atoms with Crippen molar-refractivity contribution >= 4 is 11.6 Å². The van der Waals surface area contributed by atoms with E-state index in [1.165, 1.54) is 24.3 Å². The number of carbonyl (C=O) groups excluding carboxylic acids is 1. The molecule has 0 bridgehead atoms. The Labute approximate surface area is 109 Å². The summed E-state index contributed by atoms with van der Waals surface area (Å²) in [6, 6.07) is 5.49. The number of ether oxygens (including phenoxy) is 1. The number of nitrogens with one attached hydrogen (secondary N) is 1. The van der Waals surface area contributed by atoms with Gasteiger partial charge in [-0.1, -0.05) is 0 Å². The first-order chi connectivity index (χ1) is 9.04. The zero-order valence-electron chi connectivity index (χ0n) is 10.2. The molecule has 102 valence electrons. The fourth-order valence-corrected chi connectivity index (χ4v) is 1.62. The van der Waals surface area contributed by atoms with Crippen LogP contribution < -0.4 is 10.1 Å². The minimum Gasteiger partial charge on any atom is -0.484 e. The monoisotopic (exact) mass is 266 g/mol. The topological polar surface area (TPSA) is 102 Å². The SMILES string of the molecule is O=C(COc1ccc([N+](=O)[O-])cc1)NC1(CO)CC1. The third-order valence-electron chi connectivity index (χ3n) is 2.98. The summed E-state index contributed by atoms with van der Waals surface area (Å²) in [7, 11) is 0. The van der Waals surface area contributed by atoms with E-state index >= 15 is 0 Å². The highest BCUT2D eigenvalue weighted by atomic mass is 16.6. The van der Waals surface area contributed by atoms with Gasteiger partial charge < -0.3 is 15.2 Å². The number of carbonyl (C=O) groups is 1. The van der Waals surface area contributed by atoms with Crippen molar-refractivity contribution in [2.24, 2.45) is 0 Å². The lowest BCUT2D eigenvalue weighted by atomic mass is 10.3. The summed E-state index contributed by atoms with van der Waals surface area (Å²) in [5.41, 5.74) is -0.496. The number of aliphatic hydroxyl groups excluding tert-OH is 1. The molecule has 0 atom stereocenters. The highest BCUT2D eigenvalue weighted by Gasteiger charge is 2.43. The normalized spacial score (nSPS) is 15.6. The zero-order valence-corrected chi connectivity index (χ0v) is 10.2. The quantitative estimate of drug-likeness (QED) is 0.580. The highest BCUT2D eigenvalue weighted by Crippen LogP contribution is 2.34. The van der Waals surface area contributed by atoms with Gasteiger partial charge in [0.1, 0.15) is 5.75 Å². The number of benzene rings is 1. The van der Waals surface area contributed by atoms with Crippen LogP contribution in [-0.2, 0) is 4.79 Å². The molecule has 1 aromatic carbocycles. The van der Waals surface area contributed by atoms with Crippen molar-refractivity contribution < 1.29 is 19.6 Å². The molecule has 0 radical (unpaired) electrons. The largest absolute Gasteiger partial charge is 0.484 e. The van der Waals surface area contributed by atoms with E-state index in [0.717, 1.165) is 12.8 Å². The van der Waals surface area contributed by atoms with E-state index in [1.807, 2.05) is 0 Å². The molecular weight excluding hydrogens is 252 g/mol. The van der Waals surface area contributed by atoms with Gasteiger partial charge in [-0.25, -0.2) is 0 Å². The van der Waals surface area contributed by atoms with Crippen molar-refractivity contribution in [1.29, 1.82) is 0 Å². The molecule has 0 spiro atoms. The predicted molar refractivity (Wildman–Crippen MR) is 65.8 cm³/mol. The predicted octanol–water partition coefficient (Wildman–Crippen LogP) is 0.615. The van der Waals surface area contributed by atoms with Crippen LogP contribution in [0.5, 0.6) is 5.75 Å². The first-order valence-electron chi connectivity index (χ1n) is 5.84. The van der Waals surface area contributed by atoms with Gasteiger partial charge in [-0.15, -0.1) is 0 Å². The van der Waals surface area contributed by atoms with Crippen molar-refractivity contribution in [3.8, 4) is 5.75 Å². The minimum absolute atomic E-state index is 0.0333. The summed E-state index contributed by atoms with van der Waals surface area (Å²) in [4.78, 5) is 21.5. The van der Waals surface area contributed by atoms with Crippen LogP contribution in [0.15, 0.2) is 24.3 Å². The van der Waals surface area contributed by atoms with Gasteiger partial charge in [0, 0.05) is 12.1 Å². The molecule has 1 fully saturated rings. The molecule has 7 heteroatoms. The van der Waals surface area contributed by atoms with E-state index in [2.05, 4.69) is 5.32 Å². The van der Waals surface area contributed by atoms with E-state index < -0.39 is 10.5 Å². The second kappa shape index (κ2) is 5.23. The summed E-state index contributed by atoms with van der Waals surface area (Å²) >= 11 is 0. The van der Waals surface area contributed by atoms with Gasteiger partial charge in [0.25, 0.3) is 11.6 Å². The number of nitrogens with zero attached hydrogens (tertiary/aromatic N) is 1. The van der Waals surface area contributed by atoms with Gasteiger partial charge in [-0.05, 0) is 25.0 Å². The lowest BCUT2D eigenvalue weighted by molar-refractivity contribution is -0.384. The first-order valence-corrected chi connectivity index (χ1v) is 5.84. The zero-order chi connectivity index (χ0) is 13.9. The van der Waals surface area contributed by atoms with E-state index in [1.54, 1.807) is 0 Å². The van der Waals surface area contributed by atoms with Crippen LogP contribution in [0.4, 0.5) is 5.69 Å². The van der Waals surface area contributed by atoms with E-state index in [9.17, 15) is 14.9 Å². The number of amides is 1.